The van der Waals surface area contributed by atoms with Gasteiger partial charge < -0.3 is 15.4 Å². The normalized spacial score (nSPS) is 13.8. The lowest BCUT2D eigenvalue weighted by molar-refractivity contribution is -0.119. The molecule has 4 N–H and O–H groups in total. The smallest absolute Gasteiger partial charge is 0.227 e. The fourth-order valence-corrected chi connectivity index (χ4v) is 5.63. The van der Waals surface area contributed by atoms with Crippen LogP contribution in [-0.2, 0) is 4.79 Å². The van der Waals surface area contributed by atoms with E-state index in [-0.39, 0.29) is 17.6 Å². The summed E-state index contributed by atoms with van der Waals surface area (Å²) in [4.78, 5) is 24.8. The summed E-state index contributed by atoms with van der Waals surface area (Å²) in [5.74, 6) is -0.521. The first-order valence-corrected chi connectivity index (χ1v) is 13.2. The second-order valence-electron chi connectivity index (χ2n) is 10.3. The predicted octanol–water partition coefficient (Wildman–Crippen LogP) is 6.81. The van der Waals surface area contributed by atoms with Crippen LogP contribution in [0.2, 0.25) is 0 Å². The molecule has 1 amide bonds. The van der Waals surface area contributed by atoms with Crippen molar-refractivity contribution >= 4 is 33.5 Å². The van der Waals surface area contributed by atoms with Gasteiger partial charge in [0.1, 0.15) is 22.9 Å². The fourth-order valence-electron chi connectivity index (χ4n) is 5.63. The van der Waals surface area contributed by atoms with Crippen molar-refractivity contribution in [2.45, 2.75) is 25.7 Å². The maximum atomic E-state index is 14.0. The van der Waals surface area contributed by atoms with Gasteiger partial charge in [0.05, 0.1) is 23.1 Å². The molecule has 1 fully saturated rings. The van der Waals surface area contributed by atoms with E-state index in [0.29, 0.717) is 22.6 Å². The lowest BCUT2D eigenvalue weighted by Gasteiger charge is -2.11. The number of carbonyl (C=O) groups excluding carboxylic acids is 1. The molecule has 1 aliphatic rings. The van der Waals surface area contributed by atoms with Gasteiger partial charge in [0.15, 0.2) is 0 Å². The number of hydrogen-bond acceptors (Lipinski definition) is 5. The summed E-state index contributed by atoms with van der Waals surface area (Å²) in [6.45, 7) is 0. The van der Waals surface area contributed by atoms with Crippen molar-refractivity contribution in [2.24, 2.45) is 5.92 Å². The van der Waals surface area contributed by atoms with E-state index < -0.39 is 5.82 Å². The van der Waals surface area contributed by atoms with Crippen LogP contribution in [0, 0.1) is 11.7 Å². The number of halogens is 1. The lowest BCUT2D eigenvalue weighted by Crippen LogP contribution is -2.20. The number of nitrogens with one attached hydrogen (secondary N) is 3. The van der Waals surface area contributed by atoms with Crippen molar-refractivity contribution in [3.05, 3.63) is 79.0 Å². The average molecular weight is 533 g/mol. The quantitative estimate of drug-likeness (QED) is 0.194. The lowest BCUT2D eigenvalue weighted by atomic mass is 10.0. The summed E-state index contributed by atoms with van der Waals surface area (Å²) in [5.41, 5.74) is 6.73. The molecular weight excluding hydrogens is 507 g/mol. The van der Waals surface area contributed by atoms with E-state index in [1.54, 1.807) is 24.7 Å². The Morgan fingerprint density at radius 2 is 1.82 bits per heavy atom. The highest BCUT2D eigenvalue weighted by molar-refractivity contribution is 6.01. The van der Waals surface area contributed by atoms with E-state index >= 15 is 0 Å². The molecule has 0 bridgehead atoms. The van der Waals surface area contributed by atoms with Crippen molar-refractivity contribution in [1.82, 2.24) is 25.1 Å². The molecule has 0 unspecified atom stereocenters. The number of fused-ring (bicyclic) bond motifs is 2. The number of carbonyl (C=O) groups is 1. The Morgan fingerprint density at radius 1 is 0.950 bits per heavy atom. The van der Waals surface area contributed by atoms with Crippen LogP contribution < -0.4 is 5.32 Å². The topological polar surface area (TPSA) is 120 Å². The minimum Gasteiger partial charge on any atom is -0.508 e. The molecule has 0 radical (unpaired) electrons. The zero-order valence-electron chi connectivity index (χ0n) is 21.4. The number of H-pyrrole nitrogens is 2. The van der Waals surface area contributed by atoms with Gasteiger partial charge in [-0.15, -0.1) is 0 Å². The number of phenolic OH excluding ortho intramolecular Hbond substituents is 1. The predicted molar refractivity (Wildman–Crippen MR) is 152 cm³/mol. The van der Waals surface area contributed by atoms with E-state index in [4.69, 9.17) is 0 Å². The summed E-state index contributed by atoms with van der Waals surface area (Å²) >= 11 is 0. The van der Waals surface area contributed by atoms with Crippen LogP contribution in [0.3, 0.4) is 0 Å². The zero-order valence-corrected chi connectivity index (χ0v) is 21.4. The third-order valence-corrected chi connectivity index (χ3v) is 7.61. The van der Waals surface area contributed by atoms with Crippen LogP contribution >= 0.6 is 0 Å². The summed E-state index contributed by atoms with van der Waals surface area (Å²) in [6.07, 6.45) is 9.18. The summed E-state index contributed by atoms with van der Waals surface area (Å²) < 4.78 is 14.0. The molecule has 0 saturated heterocycles. The van der Waals surface area contributed by atoms with Gasteiger partial charge >= 0.3 is 0 Å². The van der Waals surface area contributed by atoms with E-state index in [1.165, 1.54) is 12.1 Å². The van der Waals surface area contributed by atoms with Gasteiger partial charge in [0.2, 0.25) is 5.91 Å². The van der Waals surface area contributed by atoms with Crippen molar-refractivity contribution < 1.29 is 14.3 Å². The summed E-state index contributed by atoms with van der Waals surface area (Å²) in [7, 11) is 0. The van der Waals surface area contributed by atoms with Gasteiger partial charge in [-0.1, -0.05) is 18.9 Å². The third-order valence-electron chi connectivity index (χ3n) is 7.61. The molecule has 4 aromatic heterocycles. The minimum atomic E-state index is -0.516. The monoisotopic (exact) mass is 532 g/mol. The highest BCUT2D eigenvalue weighted by Crippen LogP contribution is 2.36. The van der Waals surface area contributed by atoms with Gasteiger partial charge in [-0.3, -0.25) is 14.9 Å². The molecule has 2 aromatic carbocycles. The van der Waals surface area contributed by atoms with Gasteiger partial charge in [-0.25, -0.2) is 9.37 Å². The maximum absolute atomic E-state index is 14.0. The number of benzene rings is 2. The summed E-state index contributed by atoms with van der Waals surface area (Å²) in [6, 6.07) is 15.6. The van der Waals surface area contributed by atoms with Crippen molar-refractivity contribution in [3.8, 4) is 39.4 Å². The number of nitrogens with zero attached hydrogens (tertiary/aromatic N) is 3. The Morgan fingerprint density at radius 3 is 2.67 bits per heavy atom. The SMILES string of the molecule is O=C(Nc1cncc(-c2ccc3[nH]nc(-c4cc5c(-c6cc(O)cc(F)c6)ccnc5[nH]4)c3c2)c1)C1CCCC1. The largest absolute Gasteiger partial charge is 0.508 e. The molecule has 0 aliphatic heterocycles. The van der Waals surface area contributed by atoms with Gasteiger partial charge in [0.25, 0.3) is 0 Å². The van der Waals surface area contributed by atoms with Crippen molar-refractivity contribution in [2.75, 3.05) is 5.32 Å². The van der Waals surface area contributed by atoms with Crippen LogP contribution in [0.25, 0.3) is 55.6 Å². The molecule has 0 atom stereocenters. The highest BCUT2D eigenvalue weighted by atomic mass is 19.1. The van der Waals surface area contributed by atoms with Crippen molar-refractivity contribution in [1.29, 1.82) is 0 Å². The van der Waals surface area contributed by atoms with Gasteiger partial charge in [0, 0.05) is 40.7 Å². The standard InChI is InChI=1S/C31H25FN6O2/c32-21-9-19(11-23(39)13-21)24-7-8-34-30-25(24)14-28(36-30)29-26-12-18(5-6-27(26)37-38-29)20-10-22(16-33-15-20)35-31(40)17-3-1-2-4-17/h5-17,39H,1-4H2,(H,34,36)(H,35,40)(H,37,38). The first kappa shape index (κ1) is 24.0. The van der Waals surface area contributed by atoms with E-state index in [2.05, 4.69) is 30.5 Å². The molecule has 1 saturated carbocycles. The molecule has 1 aliphatic carbocycles. The molecule has 7 rings (SSSR count). The molecule has 40 heavy (non-hydrogen) atoms. The third kappa shape index (κ3) is 4.35. The van der Waals surface area contributed by atoms with E-state index in [0.717, 1.165) is 70.4 Å². The Balaban J connectivity index is 1.25. The maximum Gasteiger partial charge on any atom is 0.227 e. The minimum absolute atomic E-state index is 0.0595. The Bertz CT molecular complexity index is 1880. The second-order valence-corrected chi connectivity index (χ2v) is 10.3. The number of aromatic nitrogens is 5. The Hall–Kier alpha value is -5.05. The highest BCUT2D eigenvalue weighted by Gasteiger charge is 2.23. The number of hydrogen-bond donors (Lipinski definition) is 4. The van der Waals surface area contributed by atoms with Crippen LogP contribution in [-0.4, -0.2) is 36.2 Å². The molecule has 0 spiro atoms. The van der Waals surface area contributed by atoms with Crippen LogP contribution in [0.4, 0.5) is 10.1 Å². The first-order valence-electron chi connectivity index (χ1n) is 13.2. The molecule has 198 valence electrons. The molecule has 8 nitrogen and oxygen atoms in total. The Labute approximate surface area is 228 Å². The zero-order chi connectivity index (χ0) is 27.2. The number of amides is 1. The van der Waals surface area contributed by atoms with Crippen LogP contribution in [0.15, 0.2) is 73.2 Å². The number of rotatable bonds is 5. The van der Waals surface area contributed by atoms with E-state index in [1.807, 2.05) is 30.3 Å². The molecule has 6 aromatic rings. The summed E-state index contributed by atoms with van der Waals surface area (Å²) in [5, 5.41) is 22.3. The van der Waals surface area contributed by atoms with E-state index in [9.17, 15) is 14.3 Å². The van der Waals surface area contributed by atoms with Crippen LogP contribution in [0.5, 0.6) is 5.75 Å². The number of pyridine rings is 2. The van der Waals surface area contributed by atoms with Crippen LogP contribution in [0.1, 0.15) is 25.7 Å². The van der Waals surface area contributed by atoms with Crippen molar-refractivity contribution in [3.63, 3.8) is 0 Å². The molecular formula is C31H25FN6O2. The number of anilines is 1. The average Bonchev–Trinajstić information content (AvgIpc) is 3.71. The molecule has 9 heteroatoms. The Kier molecular flexibility index (Phi) is 5.77. The second kappa shape index (κ2) is 9.60. The fraction of sp³-hybridized carbons (Fsp3) is 0.161. The number of phenols is 1. The molecule has 4 heterocycles. The van der Waals surface area contributed by atoms with Gasteiger partial charge in [-0.05, 0) is 72.0 Å². The number of aromatic hydroxyl groups is 1. The van der Waals surface area contributed by atoms with Gasteiger partial charge in [-0.2, -0.15) is 5.10 Å². The first-order chi connectivity index (χ1) is 19.5. The number of aromatic amines is 2.